The first-order valence-electron chi connectivity index (χ1n) is 7.59. The quantitative estimate of drug-likeness (QED) is 0.596. The number of rotatable bonds is 6. The highest BCUT2D eigenvalue weighted by Crippen LogP contribution is 2.24. The Bertz CT molecular complexity index is 870. The van der Waals surface area contributed by atoms with Crippen LogP contribution in [0.25, 0.3) is 0 Å². The second kappa shape index (κ2) is 8.26. The maximum Gasteiger partial charge on any atom is 0.305 e. The number of carbonyl (C=O) groups excluding carboxylic acids is 1. The van der Waals surface area contributed by atoms with Gasteiger partial charge in [0.1, 0.15) is 16.7 Å². The lowest BCUT2D eigenvalue weighted by Gasteiger charge is -2.07. The molecule has 1 aliphatic heterocycles. The fourth-order valence-corrected chi connectivity index (χ4v) is 3.02. The van der Waals surface area contributed by atoms with E-state index in [0.29, 0.717) is 17.1 Å². The summed E-state index contributed by atoms with van der Waals surface area (Å²) in [6.45, 7) is 0. The van der Waals surface area contributed by atoms with Gasteiger partial charge >= 0.3 is 5.97 Å². The molecule has 132 valence electrons. The van der Waals surface area contributed by atoms with Gasteiger partial charge in [-0.2, -0.15) is 5.10 Å². The summed E-state index contributed by atoms with van der Waals surface area (Å²) in [4.78, 5) is 26.4. The number of benzene rings is 1. The van der Waals surface area contributed by atoms with Gasteiger partial charge in [-0.25, -0.2) is 0 Å². The van der Waals surface area contributed by atoms with Gasteiger partial charge < -0.3 is 15.2 Å². The van der Waals surface area contributed by atoms with E-state index < -0.39 is 11.2 Å². The molecule has 1 fully saturated rings. The molecule has 2 N–H and O–H groups in total. The van der Waals surface area contributed by atoms with E-state index in [1.165, 1.54) is 6.21 Å². The summed E-state index contributed by atoms with van der Waals surface area (Å²) in [6.07, 6.45) is 4.49. The Morgan fingerprint density at radius 2 is 2.19 bits per heavy atom. The summed E-state index contributed by atoms with van der Waals surface area (Å²) in [5, 5.41) is 18.7. The minimum Gasteiger partial charge on any atom is -0.481 e. The normalized spacial score (nSPS) is 18.2. The van der Waals surface area contributed by atoms with E-state index in [1.807, 2.05) is 18.2 Å². The van der Waals surface area contributed by atoms with Crippen molar-refractivity contribution in [2.45, 2.75) is 11.7 Å². The van der Waals surface area contributed by atoms with Gasteiger partial charge in [0.2, 0.25) is 5.91 Å². The molecular weight excluding hydrogens is 356 g/mol. The van der Waals surface area contributed by atoms with Crippen LogP contribution in [0.4, 0.5) is 0 Å². The molecule has 0 bridgehead atoms. The monoisotopic (exact) mass is 370 g/mol. The molecule has 1 unspecified atom stereocenters. The topological polar surface area (TPSA) is 113 Å². The smallest absolute Gasteiger partial charge is 0.305 e. The molecule has 8 nitrogen and oxygen atoms in total. The summed E-state index contributed by atoms with van der Waals surface area (Å²) in [6, 6.07) is 10.8. The second-order valence-corrected chi connectivity index (χ2v) is 6.36. The Kier molecular flexibility index (Phi) is 5.59. The second-order valence-electron chi connectivity index (χ2n) is 5.17. The van der Waals surface area contributed by atoms with Gasteiger partial charge in [0.15, 0.2) is 5.17 Å². The van der Waals surface area contributed by atoms with Gasteiger partial charge in [0.05, 0.1) is 18.8 Å². The Labute approximate surface area is 153 Å². The molecule has 0 saturated carbocycles. The number of carboxylic acid groups (broad SMARTS) is 1. The third kappa shape index (κ3) is 4.67. The average molecular weight is 370 g/mol. The number of aliphatic carboxylic acids is 1. The van der Waals surface area contributed by atoms with E-state index in [0.717, 1.165) is 11.8 Å². The Morgan fingerprint density at radius 3 is 2.96 bits per heavy atom. The van der Waals surface area contributed by atoms with Crippen LogP contribution in [0.3, 0.4) is 0 Å². The molecule has 1 aromatic carbocycles. The molecule has 1 saturated heterocycles. The zero-order valence-electron chi connectivity index (χ0n) is 13.4. The van der Waals surface area contributed by atoms with Crippen molar-refractivity contribution in [3.63, 3.8) is 0 Å². The van der Waals surface area contributed by atoms with Gasteiger partial charge in [-0.3, -0.25) is 14.6 Å². The summed E-state index contributed by atoms with van der Waals surface area (Å²) >= 11 is 1.04. The van der Waals surface area contributed by atoms with Crippen LogP contribution in [0.5, 0.6) is 11.5 Å². The third-order valence-electron chi connectivity index (χ3n) is 3.26. The zero-order valence-corrected chi connectivity index (χ0v) is 14.2. The van der Waals surface area contributed by atoms with Crippen LogP contribution in [0.15, 0.2) is 59.0 Å². The van der Waals surface area contributed by atoms with E-state index in [1.54, 1.807) is 30.6 Å². The Hall–Kier alpha value is -3.20. The first-order valence-corrected chi connectivity index (χ1v) is 8.47. The van der Waals surface area contributed by atoms with E-state index >= 15 is 0 Å². The highest BCUT2D eigenvalue weighted by molar-refractivity contribution is 8.15. The van der Waals surface area contributed by atoms with Crippen molar-refractivity contribution in [3.05, 3.63) is 54.4 Å². The Morgan fingerprint density at radius 1 is 1.35 bits per heavy atom. The van der Waals surface area contributed by atoms with Crippen LogP contribution >= 0.6 is 11.8 Å². The minimum atomic E-state index is -1.04. The van der Waals surface area contributed by atoms with Gasteiger partial charge in [0.25, 0.3) is 0 Å². The maximum absolute atomic E-state index is 11.7. The molecule has 2 heterocycles. The number of thioether (sulfide) groups is 1. The number of ether oxygens (including phenoxy) is 1. The predicted octanol–water partition coefficient (Wildman–Crippen LogP) is 2.27. The summed E-state index contributed by atoms with van der Waals surface area (Å²) in [5.74, 6) is -0.248. The van der Waals surface area contributed by atoms with Crippen molar-refractivity contribution in [2.75, 3.05) is 0 Å². The van der Waals surface area contributed by atoms with E-state index in [-0.39, 0.29) is 17.5 Å². The van der Waals surface area contributed by atoms with Gasteiger partial charge in [0, 0.05) is 11.8 Å². The van der Waals surface area contributed by atoms with Crippen LogP contribution in [-0.4, -0.2) is 38.6 Å². The van der Waals surface area contributed by atoms with E-state index in [4.69, 9.17) is 9.84 Å². The number of para-hydroxylation sites is 1. The number of aromatic nitrogens is 1. The summed E-state index contributed by atoms with van der Waals surface area (Å²) < 4.78 is 5.77. The SMILES string of the molecule is O=C(O)CC1SC(=NN=Cc2ccccc2Oc2cccnc2)NC1=O. The number of amides is 1. The highest BCUT2D eigenvalue weighted by Gasteiger charge is 2.32. The molecule has 0 spiro atoms. The van der Waals surface area contributed by atoms with Gasteiger partial charge in [-0.15, -0.1) is 5.10 Å². The number of nitrogens with one attached hydrogen (secondary N) is 1. The molecule has 2 aromatic rings. The van der Waals surface area contributed by atoms with Gasteiger partial charge in [-0.1, -0.05) is 23.9 Å². The molecule has 1 aromatic heterocycles. The van der Waals surface area contributed by atoms with Crippen molar-refractivity contribution in [3.8, 4) is 11.5 Å². The Balaban J connectivity index is 1.69. The molecule has 1 aliphatic rings. The van der Waals surface area contributed by atoms with E-state index in [9.17, 15) is 9.59 Å². The van der Waals surface area contributed by atoms with Crippen molar-refractivity contribution in [1.82, 2.24) is 10.3 Å². The molecule has 0 radical (unpaired) electrons. The number of nitrogens with zero attached hydrogens (tertiary/aromatic N) is 3. The minimum absolute atomic E-state index is 0.263. The molecular formula is C17H14N4O4S. The molecule has 1 atom stereocenters. The number of pyridine rings is 1. The number of hydrogen-bond acceptors (Lipinski definition) is 7. The zero-order chi connectivity index (χ0) is 18.4. The van der Waals surface area contributed by atoms with Crippen LogP contribution in [0, 0.1) is 0 Å². The largest absolute Gasteiger partial charge is 0.481 e. The van der Waals surface area contributed by atoms with Crippen LogP contribution in [0.1, 0.15) is 12.0 Å². The average Bonchev–Trinajstić information content (AvgIpc) is 2.96. The summed E-state index contributed by atoms with van der Waals surface area (Å²) in [7, 11) is 0. The number of carbonyl (C=O) groups is 2. The van der Waals surface area contributed by atoms with Crippen molar-refractivity contribution in [1.29, 1.82) is 0 Å². The van der Waals surface area contributed by atoms with Crippen LogP contribution in [0.2, 0.25) is 0 Å². The van der Waals surface area contributed by atoms with Crippen LogP contribution in [-0.2, 0) is 9.59 Å². The standard InChI is InChI=1S/C17H14N4O4S/c22-15(23)8-14-16(24)20-17(26-14)21-19-9-11-4-1-2-6-13(11)25-12-5-3-7-18-10-12/h1-7,9-10,14H,8H2,(H,22,23)(H,20,21,24). The van der Waals surface area contributed by atoms with Crippen molar-refractivity contribution in [2.24, 2.45) is 10.2 Å². The lowest BCUT2D eigenvalue weighted by Crippen LogP contribution is -2.26. The fraction of sp³-hybridized carbons (Fsp3) is 0.118. The number of amidine groups is 1. The number of carboxylic acids is 1. The summed E-state index contributed by atoms with van der Waals surface area (Å²) in [5.41, 5.74) is 0.692. The van der Waals surface area contributed by atoms with Crippen molar-refractivity contribution >= 4 is 35.0 Å². The lowest BCUT2D eigenvalue weighted by atomic mass is 10.2. The lowest BCUT2D eigenvalue weighted by molar-refractivity contribution is -0.138. The molecule has 3 rings (SSSR count). The predicted molar refractivity (Wildman–Crippen MR) is 97.6 cm³/mol. The van der Waals surface area contributed by atoms with Crippen molar-refractivity contribution < 1.29 is 19.4 Å². The van der Waals surface area contributed by atoms with Gasteiger partial charge in [-0.05, 0) is 24.3 Å². The molecule has 9 heteroatoms. The van der Waals surface area contributed by atoms with E-state index in [2.05, 4.69) is 20.5 Å². The highest BCUT2D eigenvalue weighted by atomic mass is 32.2. The first kappa shape index (κ1) is 17.6. The molecule has 0 aliphatic carbocycles. The fourth-order valence-electron chi connectivity index (χ4n) is 2.10. The molecule has 26 heavy (non-hydrogen) atoms. The van der Waals surface area contributed by atoms with Crippen LogP contribution < -0.4 is 10.1 Å². The number of hydrogen-bond donors (Lipinski definition) is 2. The molecule has 1 amide bonds. The maximum atomic E-state index is 11.7. The third-order valence-corrected chi connectivity index (χ3v) is 4.34. The first-order chi connectivity index (χ1) is 12.6.